The van der Waals surface area contributed by atoms with Crippen molar-refractivity contribution >= 4 is 11.7 Å². The summed E-state index contributed by atoms with van der Waals surface area (Å²) in [5.41, 5.74) is -0.411. The highest BCUT2D eigenvalue weighted by Gasteiger charge is 2.34. The third-order valence-corrected chi connectivity index (χ3v) is 2.78. The highest BCUT2D eigenvalue weighted by molar-refractivity contribution is 5.84. The zero-order chi connectivity index (χ0) is 14.3. The molecule has 1 N–H and O–H groups in total. The van der Waals surface area contributed by atoms with Gasteiger partial charge in [0, 0.05) is 25.8 Å². The number of esters is 1. The van der Waals surface area contributed by atoms with Crippen LogP contribution in [0.2, 0.25) is 0 Å². The van der Waals surface area contributed by atoms with E-state index in [2.05, 4.69) is 5.32 Å². The van der Waals surface area contributed by atoms with Gasteiger partial charge in [-0.25, -0.2) is 9.18 Å². The number of benzene rings is 1. The molecule has 1 aromatic rings. The van der Waals surface area contributed by atoms with E-state index in [9.17, 15) is 9.18 Å². The van der Waals surface area contributed by atoms with Gasteiger partial charge in [0.1, 0.15) is 11.4 Å². The normalized spacial score (nSPS) is 13.7. The average Bonchev–Trinajstić information content (AvgIpc) is 2.36. The van der Waals surface area contributed by atoms with Crippen LogP contribution in [0.3, 0.4) is 0 Å². The molecular formula is C14H20FNO3. The van der Waals surface area contributed by atoms with E-state index >= 15 is 0 Å². The summed E-state index contributed by atoms with van der Waals surface area (Å²) in [7, 11) is 1.56. The summed E-state index contributed by atoms with van der Waals surface area (Å²) in [5.74, 6) is -0.737. The first-order valence-corrected chi connectivity index (χ1v) is 6.21. The van der Waals surface area contributed by atoms with Gasteiger partial charge in [0.2, 0.25) is 0 Å². The second-order valence-corrected chi connectivity index (χ2v) is 4.43. The molecule has 0 aliphatic carbocycles. The standard InChI is InChI=1S/C14H20FNO3/c1-4-19-13(17)14(2,8-9-18-3)16-12-7-5-6-11(15)10-12/h5-7,10,16H,4,8-9H2,1-3H3. The van der Waals surface area contributed by atoms with Crippen molar-refractivity contribution in [3.63, 3.8) is 0 Å². The lowest BCUT2D eigenvalue weighted by Gasteiger charge is -2.29. The molecule has 0 fully saturated rings. The molecule has 5 heteroatoms. The van der Waals surface area contributed by atoms with E-state index in [-0.39, 0.29) is 11.8 Å². The minimum absolute atomic E-state index is 0.298. The highest BCUT2D eigenvalue weighted by Crippen LogP contribution is 2.21. The van der Waals surface area contributed by atoms with Gasteiger partial charge >= 0.3 is 5.97 Å². The third kappa shape index (κ3) is 4.52. The summed E-state index contributed by atoms with van der Waals surface area (Å²) in [5, 5.41) is 3.02. The summed E-state index contributed by atoms with van der Waals surface area (Å²) in [6.07, 6.45) is 0.429. The topological polar surface area (TPSA) is 47.6 Å². The lowest BCUT2D eigenvalue weighted by Crippen LogP contribution is -2.45. The maximum atomic E-state index is 13.2. The summed E-state index contributed by atoms with van der Waals surface area (Å²) in [4.78, 5) is 12.0. The van der Waals surface area contributed by atoms with E-state index in [1.807, 2.05) is 0 Å². The number of methoxy groups -OCH3 is 1. The average molecular weight is 269 g/mol. The van der Waals surface area contributed by atoms with E-state index < -0.39 is 5.54 Å². The second-order valence-electron chi connectivity index (χ2n) is 4.43. The van der Waals surface area contributed by atoms with Crippen LogP contribution in [0.25, 0.3) is 0 Å². The largest absolute Gasteiger partial charge is 0.464 e. The molecule has 0 radical (unpaired) electrons. The van der Waals surface area contributed by atoms with Crippen LogP contribution >= 0.6 is 0 Å². The molecule has 106 valence electrons. The minimum Gasteiger partial charge on any atom is -0.464 e. The van der Waals surface area contributed by atoms with Gasteiger partial charge in [-0.2, -0.15) is 0 Å². The van der Waals surface area contributed by atoms with Gasteiger partial charge in [-0.3, -0.25) is 0 Å². The molecule has 1 atom stereocenters. The summed E-state index contributed by atoms with van der Waals surface area (Å²) in [6, 6.07) is 5.97. The molecule has 1 unspecified atom stereocenters. The van der Waals surface area contributed by atoms with Crippen LogP contribution in [-0.2, 0) is 14.3 Å². The maximum absolute atomic E-state index is 13.2. The van der Waals surface area contributed by atoms with Crippen molar-refractivity contribution in [2.45, 2.75) is 25.8 Å². The van der Waals surface area contributed by atoms with Gasteiger partial charge < -0.3 is 14.8 Å². The Kier molecular flexibility index (Phi) is 5.76. The van der Waals surface area contributed by atoms with Crippen molar-refractivity contribution in [1.82, 2.24) is 0 Å². The van der Waals surface area contributed by atoms with Crippen LogP contribution in [0.4, 0.5) is 10.1 Å². The molecule has 0 aliphatic rings. The maximum Gasteiger partial charge on any atom is 0.331 e. The van der Waals surface area contributed by atoms with Crippen molar-refractivity contribution in [3.05, 3.63) is 30.1 Å². The lowest BCUT2D eigenvalue weighted by atomic mass is 9.97. The summed E-state index contributed by atoms with van der Waals surface area (Å²) < 4.78 is 23.2. The quantitative estimate of drug-likeness (QED) is 0.773. The molecule has 0 saturated carbocycles. The Morgan fingerprint density at radius 2 is 2.21 bits per heavy atom. The molecule has 0 amide bonds. The van der Waals surface area contributed by atoms with Gasteiger partial charge in [-0.15, -0.1) is 0 Å². The molecule has 0 bridgehead atoms. The number of halogens is 1. The molecule has 0 heterocycles. The van der Waals surface area contributed by atoms with Crippen LogP contribution in [0.5, 0.6) is 0 Å². The first-order chi connectivity index (χ1) is 9.01. The van der Waals surface area contributed by atoms with Crippen molar-refractivity contribution < 1.29 is 18.7 Å². The van der Waals surface area contributed by atoms with E-state index in [0.717, 1.165) is 0 Å². The number of carbonyl (C=O) groups excluding carboxylic acids is 1. The van der Waals surface area contributed by atoms with Crippen LogP contribution in [0.1, 0.15) is 20.3 Å². The Labute approximate surface area is 112 Å². The van der Waals surface area contributed by atoms with Gasteiger partial charge in [-0.1, -0.05) is 6.07 Å². The molecule has 19 heavy (non-hydrogen) atoms. The number of hydrogen-bond acceptors (Lipinski definition) is 4. The number of carbonyl (C=O) groups is 1. The van der Waals surface area contributed by atoms with Crippen LogP contribution in [0, 0.1) is 5.82 Å². The SMILES string of the molecule is CCOC(=O)C(C)(CCOC)Nc1cccc(F)c1. The molecule has 0 aromatic heterocycles. The number of anilines is 1. The number of ether oxygens (including phenoxy) is 2. The van der Waals surface area contributed by atoms with E-state index in [0.29, 0.717) is 25.3 Å². The van der Waals surface area contributed by atoms with E-state index in [1.165, 1.54) is 12.1 Å². The summed E-state index contributed by atoms with van der Waals surface area (Å²) in [6.45, 7) is 4.16. The zero-order valence-electron chi connectivity index (χ0n) is 11.5. The van der Waals surface area contributed by atoms with E-state index in [1.54, 1.807) is 33.1 Å². The molecule has 1 rings (SSSR count). The molecule has 0 saturated heterocycles. The fourth-order valence-electron chi connectivity index (χ4n) is 1.70. The molecule has 1 aromatic carbocycles. The predicted octanol–water partition coefficient (Wildman–Crippen LogP) is 2.60. The minimum atomic E-state index is -0.945. The van der Waals surface area contributed by atoms with Crippen molar-refractivity contribution in [1.29, 1.82) is 0 Å². The first-order valence-electron chi connectivity index (χ1n) is 6.21. The lowest BCUT2D eigenvalue weighted by molar-refractivity contribution is -0.148. The number of hydrogen-bond donors (Lipinski definition) is 1. The fraction of sp³-hybridized carbons (Fsp3) is 0.500. The second kappa shape index (κ2) is 7.09. The van der Waals surface area contributed by atoms with Gasteiger partial charge in [0.25, 0.3) is 0 Å². The van der Waals surface area contributed by atoms with Crippen molar-refractivity contribution in [2.75, 3.05) is 25.6 Å². The van der Waals surface area contributed by atoms with Crippen molar-refractivity contribution in [2.24, 2.45) is 0 Å². The Morgan fingerprint density at radius 3 is 2.79 bits per heavy atom. The van der Waals surface area contributed by atoms with Gasteiger partial charge in [0.05, 0.1) is 6.61 Å². The van der Waals surface area contributed by atoms with Crippen LogP contribution in [-0.4, -0.2) is 31.8 Å². The predicted molar refractivity (Wildman–Crippen MR) is 71.6 cm³/mol. The summed E-state index contributed by atoms with van der Waals surface area (Å²) >= 11 is 0. The Bertz CT molecular complexity index is 425. The zero-order valence-corrected chi connectivity index (χ0v) is 11.5. The Hall–Kier alpha value is -1.62. The van der Waals surface area contributed by atoms with Crippen LogP contribution < -0.4 is 5.32 Å². The number of rotatable bonds is 7. The van der Waals surface area contributed by atoms with Gasteiger partial charge in [-0.05, 0) is 32.0 Å². The molecular weight excluding hydrogens is 249 g/mol. The molecule has 0 spiro atoms. The Balaban J connectivity index is 2.87. The van der Waals surface area contributed by atoms with E-state index in [4.69, 9.17) is 9.47 Å². The van der Waals surface area contributed by atoms with Crippen LogP contribution in [0.15, 0.2) is 24.3 Å². The molecule has 0 aliphatic heterocycles. The first kappa shape index (κ1) is 15.4. The Morgan fingerprint density at radius 1 is 1.47 bits per heavy atom. The smallest absolute Gasteiger partial charge is 0.331 e. The monoisotopic (exact) mass is 269 g/mol. The highest BCUT2D eigenvalue weighted by atomic mass is 19.1. The molecule has 4 nitrogen and oxygen atoms in total. The van der Waals surface area contributed by atoms with Gasteiger partial charge in [0.15, 0.2) is 0 Å². The third-order valence-electron chi connectivity index (χ3n) is 2.78. The number of nitrogens with one attached hydrogen (secondary N) is 1. The van der Waals surface area contributed by atoms with Crippen molar-refractivity contribution in [3.8, 4) is 0 Å². The fourth-order valence-corrected chi connectivity index (χ4v) is 1.70.